The zero-order valence-electron chi connectivity index (χ0n) is 16.0. The average molecular weight is 423 g/mol. The van der Waals surface area contributed by atoms with Gasteiger partial charge in [0.1, 0.15) is 22.5 Å². The second-order valence-electron chi connectivity index (χ2n) is 7.49. The number of hydrogen-bond donors (Lipinski definition) is 2. The van der Waals surface area contributed by atoms with Gasteiger partial charge >= 0.3 is 0 Å². The van der Waals surface area contributed by atoms with E-state index in [0.717, 1.165) is 23.7 Å². The molecule has 3 atom stereocenters. The minimum absolute atomic E-state index is 0.186. The Morgan fingerprint density at radius 2 is 2.14 bits per heavy atom. The number of carbonyl (C=O) groups excluding carboxylic acids is 1. The molecular formula is C19H23FN4O2S2. The molecule has 3 unspecified atom stereocenters. The van der Waals surface area contributed by atoms with E-state index < -0.39 is 11.0 Å². The van der Waals surface area contributed by atoms with E-state index in [2.05, 4.69) is 22.0 Å². The highest BCUT2D eigenvalue weighted by molar-refractivity contribution is 8.00. The Kier molecular flexibility index (Phi) is 5.34. The number of nitrogens with zero attached hydrogens (tertiary/aromatic N) is 2. The largest absolute Gasteiger partial charge is 0.344 e. The van der Waals surface area contributed by atoms with Crippen LogP contribution in [0.1, 0.15) is 16.1 Å². The summed E-state index contributed by atoms with van der Waals surface area (Å²) in [6.07, 6.45) is 1.76. The second-order valence-corrected chi connectivity index (χ2v) is 9.73. The van der Waals surface area contributed by atoms with Gasteiger partial charge in [-0.2, -0.15) is 0 Å². The number of fused-ring (bicyclic) bond motifs is 2. The molecule has 0 radical (unpaired) electrons. The van der Waals surface area contributed by atoms with E-state index in [1.807, 2.05) is 0 Å². The van der Waals surface area contributed by atoms with Gasteiger partial charge < -0.3 is 14.8 Å². The summed E-state index contributed by atoms with van der Waals surface area (Å²) in [5.74, 6) is 0.629. The summed E-state index contributed by atoms with van der Waals surface area (Å²) in [7, 11) is 2.47. The van der Waals surface area contributed by atoms with Gasteiger partial charge in [0.15, 0.2) is 0 Å². The Morgan fingerprint density at radius 1 is 1.36 bits per heavy atom. The maximum atomic E-state index is 13.5. The molecular weight excluding hydrogens is 399 g/mol. The first-order chi connectivity index (χ1) is 13.3. The summed E-state index contributed by atoms with van der Waals surface area (Å²) in [6, 6.07) is 4.67. The van der Waals surface area contributed by atoms with Gasteiger partial charge in [-0.05, 0) is 43.7 Å². The lowest BCUT2D eigenvalue weighted by Gasteiger charge is -2.22. The molecule has 150 valence electrons. The molecule has 2 aliphatic rings. The van der Waals surface area contributed by atoms with Crippen molar-refractivity contribution in [1.82, 2.24) is 14.2 Å². The van der Waals surface area contributed by atoms with Crippen molar-refractivity contribution in [2.75, 3.05) is 31.2 Å². The van der Waals surface area contributed by atoms with Crippen LogP contribution in [0.2, 0.25) is 0 Å². The van der Waals surface area contributed by atoms with Gasteiger partial charge in [-0.15, -0.1) is 11.8 Å². The molecule has 0 spiro atoms. The molecule has 0 bridgehead atoms. The molecule has 9 heteroatoms. The van der Waals surface area contributed by atoms with Gasteiger partial charge in [0.05, 0.1) is 9.79 Å². The van der Waals surface area contributed by atoms with Crippen LogP contribution in [0.25, 0.3) is 0 Å². The Morgan fingerprint density at radius 3 is 2.89 bits per heavy atom. The predicted octanol–water partition coefficient (Wildman–Crippen LogP) is 2.37. The number of likely N-dealkylation sites (tertiary alicyclic amines) is 1. The van der Waals surface area contributed by atoms with E-state index in [4.69, 9.17) is 0 Å². The Hall–Kier alpha value is -1.68. The normalized spacial score (nSPS) is 24.9. The molecule has 0 aliphatic carbocycles. The number of aryl methyl sites for hydroxylation is 2. The predicted molar refractivity (Wildman–Crippen MR) is 110 cm³/mol. The van der Waals surface area contributed by atoms with Crippen molar-refractivity contribution in [2.45, 2.75) is 22.8 Å². The molecule has 2 aromatic rings. The lowest BCUT2D eigenvalue weighted by Crippen LogP contribution is -2.39. The maximum absolute atomic E-state index is 13.5. The third-order valence-electron chi connectivity index (χ3n) is 5.26. The molecule has 1 aromatic heterocycles. The van der Waals surface area contributed by atoms with Crippen LogP contribution in [0.3, 0.4) is 0 Å². The van der Waals surface area contributed by atoms with Crippen molar-refractivity contribution in [3.8, 4) is 0 Å². The highest BCUT2D eigenvalue weighted by Gasteiger charge is 2.36. The minimum atomic E-state index is -1.38. The maximum Gasteiger partial charge on any atom is 0.273 e. The molecule has 1 fully saturated rings. The number of amides is 1. The van der Waals surface area contributed by atoms with Crippen LogP contribution in [0.5, 0.6) is 0 Å². The minimum Gasteiger partial charge on any atom is -0.344 e. The molecule has 4 rings (SSSR count). The summed E-state index contributed by atoms with van der Waals surface area (Å²) < 4.78 is 31.4. The van der Waals surface area contributed by atoms with Crippen molar-refractivity contribution < 1.29 is 13.4 Å². The van der Waals surface area contributed by atoms with Gasteiger partial charge in [0.2, 0.25) is 0 Å². The van der Waals surface area contributed by atoms with Gasteiger partial charge in [-0.25, -0.2) is 13.3 Å². The lowest BCUT2D eigenvalue weighted by atomic mass is 10.1. The van der Waals surface area contributed by atoms with Gasteiger partial charge in [-0.1, -0.05) is 0 Å². The van der Waals surface area contributed by atoms with Crippen molar-refractivity contribution in [2.24, 2.45) is 13.0 Å². The van der Waals surface area contributed by atoms with Crippen LogP contribution in [0.15, 0.2) is 34.2 Å². The number of nitrogens with one attached hydrogen (secondary N) is 2. The summed E-state index contributed by atoms with van der Waals surface area (Å²) in [5, 5.41) is 2.84. The first-order valence-corrected chi connectivity index (χ1v) is 11.2. The molecule has 1 amide bonds. The summed E-state index contributed by atoms with van der Waals surface area (Å²) >= 11 is 1.60. The molecule has 28 heavy (non-hydrogen) atoms. The number of rotatable bonds is 2. The zero-order valence-corrected chi connectivity index (χ0v) is 17.6. The van der Waals surface area contributed by atoms with E-state index in [-0.39, 0.29) is 17.8 Å². The number of carbonyl (C=O) groups is 1. The quantitative estimate of drug-likeness (QED) is 0.780. The van der Waals surface area contributed by atoms with Crippen molar-refractivity contribution in [3.63, 3.8) is 0 Å². The Balaban J connectivity index is 1.63. The Labute approximate surface area is 170 Å². The van der Waals surface area contributed by atoms with E-state index in [1.54, 1.807) is 48.6 Å². The molecule has 2 N–H and O–H groups in total. The Bertz CT molecular complexity index is 962. The fourth-order valence-electron chi connectivity index (χ4n) is 3.80. The van der Waals surface area contributed by atoms with E-state index in [0.29, 0.717) is 27.8 Å². The smallest absolute Gasteiger partial charge is 0.273 e. The highest BCUT2D eigenvalue weighted by Crippen LogP contribution is 2.36. The number of hydrogen-bond acceptors (Lipinski definition) is 4. The number of aromatic nitrogens is 1. The fourth-order valence-corrected chi connectivity index (χ4v) is 6.68. The van der Waals surface area contributed by atoms with Crippen LogP contribution in [-0.2, 0) is 18.0 Å². The standard InChI is InChI=1S/C19H23FN4O2S2/c1-11-6-13(4-5-14(11)20)21-19(25)17-18-16(9-24(17)3)28(26)22-15-8-23(2)7-12(15)10-27-18/h4-6,9,12,15,22H,7-8,10H2,1-3H3,(H,21,25). The summed E-state index contributed by atoms with van der Waals surface area (Å²) in [5.41, 5.74) is 1.48. The second kappa shape index (κ2) is 7.62. The number of thioether (sulfide) groups is 1. The molecule has 1 saturated heterocycles. The SMILES string of the molecule is Cc1cc(NC(=O)c2c3c(cn2C)S(=O)NC2CN(C)CC2CS3)ccc1F. The zero-order chi connectivity index (χ0) is 20.0. The van der Waals surface area contributed by atoms with Crippen LogP contribution >= 0.6 is 11.8 Å². The highest BCUT2D eigenvalue weighted by atomic mass is 32.2. The lowest BCUT2D eigenvalue weighted by molar-refractivity contribution is 0.101. The summed E-state index contributed by atoms with van der Waals surface area (Å²) in [4.78, 5) is 16.6. The van der Waals surface area contributed by atoms with Crippen molar-refractivity contribution >= 4 is 34.3 Å². The molecule has 3 heterocycles. The fraction of sp³-hybridized carbons (Fsp3) is 0.421. The molecule has 1 aromatic carbocycles. The van der Waals surface area contributed by atoms with Gasteiger partial charge in [-0.3, -0.25) is 4.79 Å². The number of anilines is 1. The third kappa shape index (κ3) is 3.63. The van der Waals surface area contributed by atoms with Crippen molar-refractivity contribution in [1.29, 1.82) is 0 Å². The van der Waals surface area contributed by atoms with Gasteiger partial charge in [0, 0.05) is 43.8 Å². The van der Waals surface area contributed by atoms with E-state index in [9.17, 15) is 13.4 Å². The average Bonchev–Trinajstić information content (AvgIpc) is 3.14. The number of likely N-dealkylation sites (N-methyl/N-ethyl adjacent to an activating group) is 1. The molecule has 0 saturated carbocycles. The number of benzene rings is 1. The van der Waals surface area contributed by atoms with Crippen LogP contribution in [-0.4, -0.2) is 51.5 Å². The molecule has 6 nitrogen and oxygen atoms in total. The number of halogens is 1. The van der Waals surface area contributed by atoms with Crippen LogP contribution < -0.4 is 10.0 Å². The van der Waals surface area contributed by atoms with E-state index >= 15 is 0 Å². The first-order valence-electron chi connectivity index (χ1n) is 9.09. The molecule has 2 aliphatic heterocycles. The van der Waals surface area contributed by atoms with E-state index in [1.165, 1.54) is 6.07 Å². The summed E-state index contributed by atoms with van der Waals surface area (Å²) in [6.45, 7) is 3.47. The third-order valence-corrected chi connectivity index (χ3v) is 7.91. The first kappa shape index (κ1) is 19.6. The topological polar surface area (TPSA) is 66.4 Å². The van der Waals surface area contributed by atoms with Crippen LogP contribution in [0, 0.1) is 18.7 Å². The monoisotopic (exact) mass is 422 g/mol. The van der Waals surface area contributed by atoms with Crippen molar-refractivity contribution in [3.05, 3.63) is 41.5 Å². The van der Waals surface area contributed by atoms with Gasteiger partial charge in [0.25, 0.3) is 5.91 Å². The van der Waals surface area contributed by atoms with Crippen LogP contribution in [0.4, 0.5) is 10.1 Å².